The number of anilines is 1. The van der Waals surface area contributed by atoms with Gasteiger partial charge >= 0.3 is 5.97 Å². The molecule has 0 aromatic heterocycles. The number of carboxylic acid groups (broad SMARTS) is 1. The molecular weight excluding hydrogens is 416 g/mol. The molecule has 0 saturated carbocycles. The van der Waals surface area contributed by atoms with Crippen molar-refractivity contribution in [3.8, 4) is 0 Å². The number of nitrogens with zero attached hydrogens (tertiary/aromatic N) is 1. The van der Waals surface area contributed by atoms with Crippen molar-refractivity contribution >= 4 is 31.7 Å². The first-order valence-electron chi connectivity index (χ1n) is 9.08. The van der Waals surface area contributed by atoms with Crippen LogP contribution < -0.4 is 4.72 Å². The van der Waals surface area contributed by atoms with Crippen molar-refractivity contribution in [1.82, 2.24) is 4.31 Å². The summed E-state index contributed by atoms with van der Waals surface area (Å²) in [6.45, 7) is 2.44. The molecule has 1 heterocycles. The minimum absolute atomic E-state index is 0.00982. The van der Waals surface area contributed by atoms with Gasteiger partial charge in [-0.2, -0.15) is 4.31 Å². The van der Waals surface area contributed by atoms with Gasteiger partial charge in [0, 0.05) is 13.1 Å². The zero-order valence-corrected chi connectivity index (χ0v) is 17.5. The maximum atomic E-state index is 12.8. The molecule has 2 aromatic rings. The van der Waals surface area contributed by atoms with Crippen molar-refractivity contribution in [1.29, 1.82) is 0 Å². The molecule has 0 atom stereocenters. The van der Waals surface area contributed by atoms with Gasteiger partial charge in [0.15, 0.2) is 0 Å². The molecule has 8 nitrogen and oxygen atoms in total. The molecule has 29 heavy (non-hydrogen) atoms. The Morgan fingerprint density at radius 3 is 2.34 bits per heavy atom. The fourth-order valence-electron chi connectivity index (χ4n) is 3.21. The Bertz CT molecular complexity index is 1140. The number of carbonyl (C=O) groups is 1. The number of carboxylic acids is 1. The van der Waals surface area contributed by atoms with Crippen molar-refractivity contribution in [2.45, 2.75) is 36.0 Å². The van der Waals surface area contributed by atoms with Gasteiger partial charge < -0.3 is 5.11 Å². The maximum Gasteiger partial charge on any atom is 0.335 e. The average molecular weight is 439 g/mol. The Hall–Kier alpha value is -2.43. The molecule has 1 saturated heterocycles. The maximum absolute atomic E-state index is 12.8. The predicted octanol–water partition coefficient (Wildman–Crippen LogP) is 2.67. The van der Waals surface area contributed by atoms with Crippen molar-refractivity contribution < 1.29 is 26.7 Å². The topological polar surface area (TPSA) is 121 Å². The number of nitrogens with one attached hydrogen (secondary N) is 1. The van der Waals surface area contributed by atoms with Gasteiger partial charge in [-0.3, -0.25) is 4.72 Å². The van der Waals surface area contributed by atoms with Crippen LogP contribution in [0.15, 0.2) is 52.3 Å². The number of hydrogen-bond donors (Lipinski definition) is 2. The fourth-order valence-corrected chi connectivity index (χ4v) is 6.09. The van der Waals surface area contributed by atoms with Crippen LogP contribution in [-0.4, -0.2) is 45.3 Å². The van der Waals surface area contributed by atoms with Gasteiger partial charge in [0.1, 0.15) is 0 Å². The van der Waals surface area contributed by atoms with Gasteiger partial charge in [-0.15, -0.1) is 0 Å². The third kappa shape index (κ3) is 4.60. The summed E-state index contributed by atoms with van der Waals surface area (Å²) in [5.74, 6) is -1.24. The highest BCUT2D eigenvalue weighted by Crippen LogP contribution is 2.25. The lowest BCUT2D eigenvalue weighted by Gasteiger charge is -2.26. The van der Waals surface area contributed by atoms with E-state index in [-0.39, 0.29) is 21.0 Å². The second-order valence-corrected chi connectivity index (χ2v) is 10.5. The highest BCUT2D eigenvalue weighted by atomic mass is 32.2. The molecule has 0 spiro atoms. The van der Waals surface area contributed by atoms with Crippen LogP contribution in [0.5, 0.6) is 0 Å². The molecule has 0 radical (unpaired) electrons. The zero-order chi connectivity index (χ0) is 21.2. The first-order valence-corrected chi connectivity index (χ1v) is 12.0. The summed E-state index contributed by atoms with van der Waals surface area (Å²) in [5, 5.41) is 9.12. The molecule has 1 aliphatic heterocycles. The second kappa shape index (κ2) is 8.13. The van der Waals surface area contributed by atoms with E-state index in [1.165, 1.54) is 40.7 Å². The van der Waals surface area contributed by atoms with Crippen LogP contribution in [0.1, 0.15) is 35.2 Å². The molecule has 156 valence electrons. The highest BCUT2D eigenvalue weighted by Gasteiger charge is 2.26. The number of piperidine rings is 1. The largest absolute Gasteiger partial charge is 0.478 e. The second-order valence-electron chi connectivity index (χ2n) is 6.88. The van der Waals surface area contributed by atoms with E-state index >= 15 is 0 Å². The first-order chi connectivity index (χ1) is 13.6. The van der Waals surface area contributed by atoms with Crippen LogP contribution in [0.4, 0.5) is 5.69 Å². The zero-order valence-electron chi connectivity index (χ0n) is 15.8. The molecule has 2 aromatic carbocycles. The van der Waals surface area contributed by atoms with Gasteiger partial charge in [-0.1, -0.05) is 18.6 Å². The third-order valence-electron chi connectivity index (χ3n) is 4.76. The first kappa shape index (κ1) is 21.3. The summed E-state index contributed by atoms with van der Waals surface area (Å²) in [4.78, 5) is 11.0. The van der Waals surface area contributed by atoms with Crippen LogP contribution in [0, 0.1) is 6.92 Å². The lowest BCUT2D eigenvalue weighted by Crippen LogP contribution is -2.35. The summed E-state index contributed by atoms with van der Waals surface area (Å²) in [6, 6.07) is 9.43. The molecule has 10 heteroatoms. The Labute approximate surface area is 170 Å². The van der Waals surface area contributed by atoms with Crippen LogP contribution in [0.3, 0.4) is 0 Å². The van der Waals surface area contributed by atoms with Gasteiger partial charge in [-0.05, 0) is 55.7 Å². The Morgan fingerprint density at radius 2 is 1.69 bits per heavy atom. The smallest absolute Gasteiger partial charge is 0.335 e. The number of rotatable bonds is 6. The predicted molar refractivity (Wildman–Crippen MR) is 108 cm³/mol. The molecule has 1 fully saturated rings. The SMILES string of the molecule is Cc1ccc(C(=O)O)cc1S(=O)(=O)Nc1cccc(S(=O)(=O)N2CCCCC2)c1. The summed E-state index contributed by atoms with van der Waals surface area (Å²) in [5.41, 5.74) is 0.306. The van der Waals surface area contributed by atoms with Crippen molar-refractivity contribution in [3.05, 3.63) is 53.6 Å². The van der Waals surface area contributed by atoms with Crippen LogP contribution in [0.2, 0.25) is 0 Å². The van der Waals surface area contributed by atoms with Gasteiger partial charge in [-0.25, -0.2) is 21.6 Å². The summed E-state index contributed by atoms with van der Waals surface area (Å²) in [7, 11) is -7.82. The van der Waals surface area contributed by atoms with Crippen LogP contribution in [0.25, 0.3) is 0 Å². The molecule has 0 aliphatic carbocycles. The number of sulfonamides is 2. The minimum Gasteiger partial charge on any atom is -0.478 e. The molecular formula is C19H22N2O6S2. The van der Waals surface area contributed by atoms with E-state index in [0.29, 0.717) is 18.7 Å². The quantitative estimate of drug-likeness (QED) is 0.715. The number of benzene rings is 2. The minimum atomic E-state index is -4.11. The van der Waals surface area contributed by atoms with E-state index in [2.05, 4.69) is 4.72 Å². The average Bonchev–Trinajstić information content (AvgIpc) is 2.68. The monoisotopic (exact) mass is 438 g/mol. The normalized spacial score (nSPS) is 15.8. The van der Waals surface area contributed by atoms with Crippen LogP contribution in [-0.2, 0) is 20.0 Å². The van der Waals surface area contributed by atoms with Gasteiger partial charge in [0.05, 0.1) is 21.0 Å². The van der Waals surface area contributed by atoms with Crippen molar-refractivity contribution in [2.24, 2.45) is 0 Å². The molecule has 0 unspecified atom stereocenters. The van der Waals surface area contributed by atoms with E-state index in [0.717, 1.165) is 25.3 Å². The van der Waals surface area contributed by atoms with Gasteiger partial charge in [0.25, 0.3) is 10.0 Å². The lowest BCUT2D eigenvalue weighted by atomic mass is 10.1. The van der Waals surface area contributed by atoms with Crippen molar-refractivity contribution in [3.63, 3.8) is 0 Å². The number of aryl methyl sites for hydroxylation is 1. The van der Waals surface area contributed by atoms with E-state index in [4.69, 9.17) is 5.11 Å². The fraction of sp³-hybridized carbons (Fsp3) is 0.316. The van der Waals surface area contributed by atoms with Gasteiger partial charge in [0.2, 0.25) is 10.0 Å². The summed E-state index contributed by atoms with van der Waals surface area (Å²) in [6.07, 6.45) is 2.58. The van der Waals surface area contributed by atoms with E-state index in [1.54, 1.807) is 6.92 Å². The Balaban J connectivity index is 1.92. The van der Waals surface area contributed by atoms with E-state index in [9.17, 15) is 21.6 Å². The van der Waals surface area contributed by atoms with Crippen molar-refractivity contribution in [2.75, 3.05) is 17.8 Å². The highest BCUT2D eigenvalue weighted by molar-refractivity contribution is 7.92. The van der Waals surface area contributed by atoms with E-state index in [1.807, 2.05) is 0 Å². The van der Waals surface area contributed by atoms with E-state index < -0.39 is 26.0 Å². The molecule has 1 aliphatic rings. The Kier molecular flexibility index (Phi) is 5.97. The number of hydrogen-bond acceptors (Lipinski definition) is 5. The summed E-state index contributed by atoms with van der Waals surface area (Å²) >= 11 is 0. The summed E-state index contributed by atoms with van der Waals surface area (Å²) < 4.78 is 55.0. The Morgan fingerprint density at radius 1 is 1.00 bits per heavy atom. The molecule has 0 bridgehead atoms. The lowest BCUT2D eigenvalue weighted by molar-refractivity contribution is 0.0696. The number of aromatic carboxylic acids is 1. The molecule has 2 N–H and O–H groups in total. The third-order valence-corrected chi connectivity index (χ3v) is 8.18. The standard InChI is InChI=1S/C19H22N2O6S2/c1-14-8-9-15(19(22)23)12-18(14)28(24,25)20-16-6-5-7-17(13-16)29(26,27)21-10-3-2-4-11-21/h5-9,12-13,20H,2-4,10-11H2,1H3,(H,22,23). The molecule has 3 rings (SSSR count). The van der Waals surface area contributed by atoms with Crippen LogP contribution >= 0.6 is 0 Å². The molecule has 0 amide bonds.